The van der Waals surface area contributed by atoms with Crippen molar-refractivity contribution >= 4 is 11.6 Å². The highest BCUT2D eigenvalue weighted by atomic mass is 16.5. The first-order valence-corrected chi connectivity index (χ1v) is 11.1. The van der Waals surface area contributed by atoms with Gasteiger partial charge in [0, 0.05) is 56.2 Å². The summed E-state index contributed by atoms with van der Waals surface area (Å²) in [6.45, 7) is 4.72. The van der Waals surface area contributed by atoms with Crippen molar-refractivity contribution in [2.24, 2.45) is 5.92 Å². The van der Waals surface area contributed by atoms with Gasteiger partial charge in [-0.05, 0) is 43.0 Å². The van der Waals surface area contributed by atoms with Gasteiger partial charge >= 0.3 is 0 Å². The third-order valence-electron chi connectivity index (χ3n) is 6.02. The highest BCUT2D eigenvalue weighted by Crippen LogP contribution is 2.24. The zero-order chi connectivity index (χ0) is 21.8. The van der Waals surface area contributed by atoms with Crippen LogP contribution in [0.4, 0.5) is 5.69 Å². The molecule has 0 radical (unpaired) electrons. The molecular formula is C23H26N6O3. The molecule has 1 amide bonds. The summed E-state index contributed by atoms with van der Waals surface area (Å²) in [4.78, 5) is 30.0. The van der Waals surface area contributed by atoms with E-state index in [1.54, 1.807) is 18.6 Å². The van der Waals surface area contributed by atoms with Crippen LogP contribution in [0.2, 0.25) is 0 Å². The van der Waals surface area contributed by atoms with Gasteiger partial charge < -0.3 is 19.1 Å². The second-order valence-electron chi connectivity index (χ2n) is 8.21. The molecule has 2 aromatic heterocycles. The van der Waals surface area contributed by atoms with Gasteiger partial charge in [-0.25, -0.2) is 4.98 Å². The quantitative estimate of drug-likeness (QED) is 0.604. The minimum atomic E-state index is 0.0778. The molecule has 3 aromatic rings. The molecule has 2 aliphatic heterocycles. The monoisotopic (exact) mass is 434 g/mol. The lowest BCUT2D eigenvalue weighted by molar-refractivity contribution is 0.0668. The van der Waals surface area contributed by atoms with Crippen molar-refractivity contribution < 1.29 is 14.1 Å². The standard InChI is InChI=1S/C23H26N6O3/c30-23(18-3-5-19(6-4-18)28-10-12-31-13-11-28)29-9-1-2-17(16-29)14-21-26-22(27-32-21)20-15-24-7-8-25-20/h3-8,15,17H,1-2,9-14,16H2/t17-/m0/s1. The van der Waals surface area contributed by atoms with Crippen LogP contribution in [0.25, 0.3) is 11.5 Å². The fourth-order valence-corrected chi connectivity index (χ4v) is 4.34. The number of hydrogen-bond donors (Lipinski definition) is 0. The van der Waals surface area contributed by atoms with E-state index in [0.717, 1.165) is 56.9 Å². The van der Waals surface area contributed by atoms with Crippen LogP contribution in [0.1, 0.15) is 29.1 Å². The van der Waals surface area contributed by atoms with Gasteiger partial charge in [-0.1, -0.05) is 5.16 Å². The maximum atomic E-state index is 13.1. The average Bonchev–Trinajstić information content (AvgIpc) is 3.33. The van der Waals surface area contributed by atoms with Crippen LogP contribution in [0.3, 0.4) is 0 Å². The van der Waals surface area contributed by atoms with E-state index in [-0.39, 0.29) is 11.8 Å². The van der Waals surface area contributed by atoms with Gasteiger partial charge in [-0.2, -0.15) is 4.98 Å². The lowest BCUT2D eigenvalue weighted by Gasteiger charge is -2.32. The number of piperidine rings is 1. The summed E-state index contributed by atoms with van der Waals surface area (Å²) in [6, 6.07) is 7.93. The Kier molecular flexibility index (Phi) is 6.06. The molecule has 2 fully saturated rings. The van der Waals surface area contributed by atoms with Crippen molar-refractivity contribution in [1.82, 2.24) is 25.0 Å². The topological polar surface area (TPSA) is 97.5 Å². The van der Waals surface area contributed by atoms with Gasteiger partial charge in [0.2, 0.25) is 11.7 Å². The maximum Gasteiger partial charge on any atom is 0.253 e. The van der Waals surface area contributed by atoms with Crippen LogP contribution < -0.4 is 4.90 Å². The molecular weight excluding hydrogens is 408 g/mol. The van der Waals surface area contributed by atoms with E-state index >= 15 is 0 Å². The number of nitrogens with zero attached hydrogens (tertiary/aromatic N) is 6. The number of hydrogen-bond acceptors (Lipinski definition) is 8. The molecule has 0 N–H and O–H groups in total. The summed E-state index contributed by atoms with van der Waals surface area (Å²) in [5.41, 5.74) is 2.45. The first-order chi connectivity index (χ1) is 15.8. The van der Waals surface area contributed by atoms with Crippen LogP contribution in [0, 0.1) is 5.92 Å². The number of aromatic nitrogens is 4. The molecule has 2 saturated heterocycles. The lowest BCUT2D eigenvalue weighted by atomic mass is 9.94. The number of rotatable bonds is 5. The predicted octanol–water partition coefficient (Wildman–Crippen LogP) is 2.46. The van der Waals surface area contributed by atoms with Gasteiger partial charge in [-0.3, -0.25) is 9.78 Å². The first-order valence-electron chi connectivity index (χ1n) is 11.1. The lowest BCUT2D eigenvalue weighted by Crippen LogP contribution is -2.40. The third kappa shape index (κ3) is 4.62. The summed E-state index contributed by atoms with van der Waals surface area (Å²) in [7, 11) is 0. The Bertz CT molecular complexity index is 1030. The Morgan fingerprint density at radius 1 is 1.09 bits per heavy atom. The molecule has 0 unspecified atom stereocenters. The van der Waals surface area contributed by atoms with E-state index in [2.05, 4.69) is 25.0 Å². The van der Waals surface area contributed by atoms with Crippen LogP contribution in [-0.4, -0.2) is 70.3 Å². The highest BCUT2D eigenvalue weighted by molar-refractivity contribution is 5.94. The molecule has 1 aromatic carbocycles. The number of carbonyl (C=O) groups is 1. The number of carbonyl (C=O) groups excluding carboxylic acids is 1. The molecule has 0 aliphatic carbocycles. The Balaban J connectivity index is 1.20. The Labute approximate surface area is 186 Å². The van der Waals surface area contributed by atoms with E-state index < -0.39 is 0 Å². The molecule has 9 nitrogen and oxygen atoms in total. The summed E-state index contributed by atoms with van der Waals surface area (Å²) in [6.07, 6.45) is 7.46. The van der Waals surface area contributed by atoms with E-state index in [9.17, 15) is 4.79 Å². The summed E-state index contributed by atoms with van der Waals surface area (Å²) >= 11 is 0. The summed E-state index contributed by atoms with van der Waals surface area (Å²) in [5.74, 6) is 1.38. The van der Waals surface area contributed by atoms with Crippen LogP contribution >= 0.6 is 0 Å². The fraction of sp³-hybridized carbons (Fsp3) is 0.435. The Morgan fingerprint density at radius 3 is 2.72 bits per heavy atom. The van der Waals surface area contributed by atoms with E-state index in [1.165, 1.54) is 0 Å². The summed E-state index contributed by atoms with van der Waals surface area (Å²) < 4.78 is 10.8. The SMILES string of the molecule is O=C(c1ccc(N2CCOCC2)cc1)N1CCC[C@@H](Cc2nc(-c3cnccn3)no2)C1. The van der Waals surface area contributed by atoms with Gasteiger partial charge in [-0.15, -0.1) is 0 Å². The van der Waals surface area contributed by atoms with E-state index in [1.807, 2.05) is 29.2 Å². The smallest absolute Gasteiger partial charge is 0.253 e. The second-order valence-corrected chi connectivity index (χ2v) is 8.21. The van der Waals surface area contributed by atoms with E-state index in [0.29, 0.717) is 30.4 Å². The fourth-order valence-electron chi connectivity index (χ4n) is 4.34. The van der Waals surface area contributed by atoms with Crippen LogP contribution in [0.5, 0.6) is 0 Å². The first kappa shape index (κ1) is 20.6. The number of anilines is 1. The molecule has 0 bridgehead atoms. The van der Waals surface area contributed by atoms with Crippen molar-refractivity contribution in [3.63, 3.8) is 0 Å². The number of benzene rings is 1. The number of likely N-dealkylation sites (tertiary alicyclic amines) is 1. The zero-order valence-electron chi connectivity index (χ0n) is 17.9. The van der Waals surface area contributed by atoms with Crippen molar-refractivity contribution in [3.8, 4) is 11.5 Å². The minimum Gasteiger partial charge on any atom is -0.378 e. The van der Waals surface area contributed by atoms with Crippen LogP contribution in [-0.2, 0) is 11.2 Å². The second kappa shape index (κ2) is 9.44. The van der Waals surface area contributed by atoms with Crippen molar-refractivity contribution in [2.75, 3.05) is 44.3 Å². The van der Waals surface area contributed by atoms with Gasteiger partial charge in [0.05, 0.1) is 19.4 Å². The molecule has 1 atom stereocenters. The Morgan fingerprint density at radius 2 is 1.94 bits per heavy atom. The predicted molar refractivity (Wildman–Crippen MR) is 117 cm³/mol. The summed E-state index contributed by atoms with van der Waals surface area (Å²) in [5, 5.41) is 4.02. The minimum absolute atomic E-state index is 0.0778. The van der Waals surface area contributed by atoms with Crippen molar-refractivity contribution in [2.45, 2.75) is 19.3 Å². The molecule has 4 heterocycles. The zero-order valence-corrected chi connectivity index (χ0v) is 17.9. The molecule has 9 heteroatoms. The van der Waals surface area contributed by atoms with Gasteiger partial charge in [0.1, 0.15) is 5.69 Å². The maximum absolute atomic E-state index is 13.1. The molecule has 32 heavy (non-hydrogen) atoms. The molecule has 5 rings (SSSR count). The molecule has 0 saturated carbocycles. The number of ether oxygens (including phenoxy) is 1. The molecule has 2 aliphatic rings. The van der Waals surface area contributed by atoms with Gasteiger partial charge in [0.15, 0.2) is 0 Å². The number of morpholine rings is 1. The third-order valence-corrected chi connectivity index (χ3v) is 6.02. The van der Waals surface area contributed by atoms with E-state index in [4.69, 9.17) is 9.26 Å². The normalized spacial score (nSPS) is 19.2. The highest BCUT2D eigenvalue weighted by Gasteiger charge is 2.26. The van der Waals surface area contributed by atoms with Crippen LogP contribution in [0.15, 0.2) is 47.4 Å². The largest absolute Gasteiger partial charge is 0.378 e. The molecule has 166 valence electrons. The van der Waals surface area contributed by atoms with Crippen molar-refractivity contribution in [1.29, 1.82) is 0 Å². The van der Waals surface area contributed by atoms with Gasteiger partial charge in [0.25, 0.3) is 5.91 Å². The molecule has 0 spiro atoms. The number of amides is 1. The average molecular weight is 435 g/mol. The van der Waals surface area contributed by atoms with Crippen molar-refractivity contribution in [3.05, 3.63) is 54.3 Å². The Hall–Kier alpha value is -3.33.